The first kappa shape index (κ1) is 14.3. The molecule has 7 heteroatoms. The number of hydrazine groups is 1. The van der Waals surface area contributed by atoms with Crippen LogP contribution in [0.5, 0.6) is 5.75 Å². The Balaban J connectivity index is 2.18. The van der Waals surface area contributed by atoms with Gasteiger partial charge in [-0.3, -0.25) is 15.6 Å². The van der Waals surface area contributed by atoms with Crippen molar-refractivity contribution in [2.45, 2.75) is 0 Å². The number of nitrogens with two attached hydrogens (primary N) is 1. The molecule has 0 aliphatic heterocycles. The number of ether oxygens (including phenoxy) is 1. The van der Waals surface area contributed by atoms with Crippen LogP contribution < -0.4 is 21.3 Å². The summed E-state index contributed by atoms with van der Waals surface area (Å²) in [6.07, 6.45) is 1.51. The number of amides is 1. The smallest absolute Gasteiger partial charge is 0.274 e. The van der Waals surface area contributed by atoms with Crippen molar-refractivity contribution in [3.63, 3.8) is 0 Å². The molecular formula is C13H13BrN4O2. The standard InChI is InChI=1S/C13H13BrN4O2/c1-20-12-7-8(2-3-10(12)14)17-13(19)11-6-9(18-15)4-5-16-11/h2-7H,15H2,1H3,(H,16,18)(H,17,19). The van der Waals surface area contributed by atoms with Gasteiger partial charge in [-0.05, 0) is 40.2 Å². The van der Waals surface area contributed by atoms with Gasteiger partial charge in [-0.1, -0.05) is 0 Å². The first-order valence-electron chi connectivity index (χ1n) is 5.71. The lowest BCUT2D eigenvalue weighted by Gasteiger charge is -2.08. The number of nitrogens with zero attached hydrogens (tertiary/aromatic N) is 1. The van der Waals surface area contributed by atoms with Crippen molar-refractivity contribution in [2.75, 3.05) is 17.9 Å². The number of aromatic nitrogens is 1. The minimum absolute atomic E-state index is 0.266. The fourth-order valence-corrected chi connectivity index (χ4v) is 1.99. The molecule has 0 bridgehead atoms. The summed E-state index contributed by atoms with van der Waals surface area (Å²) in [4.78, 5) is 16.1. The van der Waals surface area contributed by atoms with Crippen molar-refractivity contribution in [1.82, 2.24) is 4.98 Å². The van der Waals surface area contributed by atoms with Crippen molar-refractivity contribution in [3.05, 3.63) is 46.7 Å². The Morgan fingerprint density at radius 1 is 1.30 bits per heavy atom. The molecule has 104 valence electrons. The van der Waals surface area contributed by atoms with E-state index in [1.54, 1.807) is 37.4 Å². The van der Waals surface area contributed by atoms with Crippen LogP contribution in [0.4, 0.5) is 11.4 Å². The number of rotatable bonds is 4. The molecule has 20 heavy (non-hydrogen) atoms. The number of benzene rings is 1. The summed E-state index contributed by atoms with van der Waals surface area (Å²) < 4.78 is 5.98. The molecule has 1 aromatic heterocycles. The van der Waals surface area contributed by atoms with Gasteiger partial charge < -0.3 is 15.5 Å². The molecule has 0 unspecified atom stereocenters. The van der Waals surface area contributed by atoms with Gasteiger partial charge in [0.05, 0.1) is 17.3 Å². The van der Waals surface area contributed by atoms with E-state index in [0.717, 1.165) is 4.47 Å². The number of carbonyl (C=O) groups is 1. The minimum Gasteiger partial charge on any atom is -0.495 e. The maximum absolute atomic E-state index is 12.1. The zero-order valence-corrected chi connectivity index (χ0v) is 12.3. The molecule has 0 saturated heterocycles. The summed E-state index contributed by atoms with van der Waals surface area (Å²) in [5.41, 5.74) is 3.96. The van der Waals surface area contributed by atoms with Gasteiger partial charge in [-0.25, -0.2) is 0 Å². The van der Waals surface area contributed by atoms with Crippen LogP contribution in [0.1, 0.15) is 10.5 Å². The van der Waals surface area contributed by atoms with E-state index in [9.17, 15) is 4.79 Å². The number of nitrogens with one attached hydrogen (secondary N) is 2. The lowest BCUT2D eigenvalue weighted by Crippen LogP contribution is -2.15. The van der Waals surface area contributed by atoms with Gasteiger partial charge in [0, 0.05) is 18.0 Å². The summed E-state index contributed by atoms with van der Waals surface area (Å²) in [6.45, 7) is 0. The Morgan fingerprint density at radius 3 is 2.80 bits per heavy atom. The van der Waals surface area contributed by atoms with Gasteiger partial charge in [-0.15, -0.1) is 0 Å². The summed E-state index contributed by atoms with van der Waals surface area (Å²) >= 11 is 3.35. The van der Waals surface area contributed by atoms with Crippen LogP contribution in [-0.2, 0) is 0 Å². The maximum atomic E-state index is 12.1. The predicted molar refractivity (Wildman–Crippen MR) is 80.7 cm³/mol. The van der Waals surface area contributed by atoms with E-state index < -0.39 is 0 Å². The molecular weight excluding hydrogens is 324 g/mol. The van der Waals surface area contributed by atoms with E-state index in [1.807, 2.05) is 0 Å². The zero-order valence-electron chi connectivity index (χ0n) is 10.7. The second-order valence-electron chi connectivity index (χ2n) is 3.88. The normalized spacial score (nSPS) is 9.95. The Hall–Kier alpha value is -2.12. The molecule has 0 aliphatic carbocycles. The molecule has 0 fully saturated rings. The summed E-state index contributed by atoms with van der Waals surface area (Å²) in [5.74, 6) is 5.60. The van der Waals surface area contributed by atoms with Crippen LogP contribution >= 0.6 is 15.9 Å². The monoisotopic (exact) mass is 336 g/mol. The topological polar surface area (TPSA) is 89.3 Å². The van der Waals surface area contributed by atoms with Crippen molar-refractivity contribution in [3.8, 4) is 5.75 Å². The lowest BCUT2D eigenvalue weighted by atomic mass is 10.2. The van der Waals surface area contributed by atoms with Crippen molar-refractivity contribution < 1.29 is 9.53 Å². The Morgan fingerprint density at radius 2 is 2.10 bits per heavy atom. The van der Waals surface area contributed by atoms with Crippen LogP contribution in [0.25, 0.3) is 0 Å². The highest BCUT2D eigenvalue weighted by Gasteiger charge is 2.09. The fourth-order valence-electron chi connectivity index (χ4n) is 1.58. The molecule has 0 atom stereocenters. The number of anilines is 2. The second kappa shape index (κ2) is 6.36. The van der Waals surface area contributed by atoms with Crippen molar-refractivity contribution in [1.29, 1.82) is 0 Å². The number of pyridine rings is 1. The molecule has 1 heterocycles. The van der Waals surface area contributed by atoms with E-state index in [0.29, 0.717) is 17.1 Å². The molecule has 2 rings (SSSR count). The minimum atomic E-state index is -0.327. The molecule has 2 aromatic rings. The first-order chi connectivity index (χ1) is 9.63. The van der Waals surface area contributed by atoms with E-state index >= 15 is 0 Å². The van der Waals surface area contributed by atoms with E-state index in [1.165, 1.54) is 6.20 Å². The highest BCUT2D eigenvalue weighted by atomic mass is 79.9. The summed E-state index contributed by atoms with van der Waals surface area (Å²) in [6, 6.07) is 8.49. The molecule has 0 radical (unpaired) electrons. The third-order valence-electron chi connectivity index (χ3n) is 2.57. The quantitative estimate of drug-likeness (QED) is 0.589. The van der Waals surface area contributed by atoms with Gasteiger partial charge in [-0.2, -0.15) is 0 Å². The van der Waals surface area contributed by atoms with E-state index in [2.05, 4.69) is 31.7 Å². The number of methoxy groups -OCH3 is 1. The summed E-state index contributed by atoms with van der Waals surface area (Å²) in [7, 11) is 1.56. The van der Waals surface area contributed by atoms with Crippen LogP contribution in [0, 0.1) is 0 Å². The predicted octanol–water partition coefficient (Wildman–Crippen LogP) is 2.39. The largest absolute Gasteiger partial charge is 0.495 e. The van der Waals surface area contributed by atoms with E-state index in [-0.39, 0.29) is 11.6 Å². The van der Waals surface area contributed by atoms with Gasteiger partial charge in [0.25, 0.3) is 5.91 Å². The lowest BCUT2D eigenvalue weighted by molar-refractivity contribution is 0.102. The molecule has 4 N–H and O–H groups in total. The van der Waals surface area contributed by atoms with Gasteiger partial charge >= 0.3 is 0 Å². The average Bonchev–Trinajstić information content (AvgIpc) is 2.49. The average molecular weight is 337 g/mol. The molecule has 1 amide bonds. The Kier molecular flexibility index (Phi) is 4.54. The summed E-state index contributed by atoms with van der Waals surface area (Å²) in [5, 5.41) is 2.74. The second-order valence-corrected chi connectivity index (χ2v) is 4.73. The zero-order chi connectivity index (χ0) is 14.5. The third kappa shape index (κ3) is 3.25. The van der Waals surface area contributed by atoms with Gasteiger partial charge in [0.15, 0.2) is 0 Å². The number of nitrogen functional groups attached to an aromatic ring is 1. The number of hydrogen-bond acceptors (Lipinski definition) is 5. The Bertz CT molecular complexity index is 634. The third-order valence-corrected chi connectivity index (χ3v) is 3.22. The van der Waals surface area contributed by atoms with Crippen LogP contribution in [0.2, 0.25) is 0 Å². The first-order valence-corrected chi connectivity index (χ1v) is 6.51. The van der Waals surface area contributed by atoms with Crippen molar-refractivity contribution in [2.24, 2.45) is 5.84 Å². The van der Waals surface area contributed by atoms with Crippen LogP contribution in [0.3, 0.4) is 0 Å². The molecule has 6 nitrogen and oxygen atoms in total. The molecule has 1 aromatic carbocycles. The molecule has 0 saturated carbocycles. The van der Waals surface area contributed by atoms with Gasteiger partial charge in [0.2, 0.25) is 0 Å². The SMILES string of the molecule is COc1cc(NC(=O)c2cc(NN)ccn2)ccc1Br. The van der Waals surface area contributed by atoms with Crippen molar-refractivity contribution >= 4 is 33.2 Å². The Labute approximate surface area is 124 Å². The molecule has 0 aliphatic rings. The maximum Gasteiger partial charge on any atom is 0.274 e. The number of halogens is 1. The van der Waals surface area contributed by atoms with Crippen LogP contribution in [-0.4, -0.2) is 18.0 Å². The number of hydrogen-bond donors (Lipinski definition) is 3. The molecule has 0 spiro atoms. The fraction of sp³-hybridized carbons (Fsp3) is 0.0769. The van der Waals surface area contributed by atoms with Gasteiger partial charge in [0.1, 0.15) is 11.4 Å². The van der Waals surface area contributed by atoms with E-state index in [4.69, 9.17) is 10.6 Å². The highest BCUT2D eigenvalue weighted by Crippen LogP contribution is 2.28. The number of carbonyl (C=O) groups excluding carboxylic acids is 1. The highest BCUT2D eigenvalue weighted by molar-refractivity contribution is 9.10. The van der Waals surface area contributed by atoms with Crippen LogP contribution in [0.15, 0.2) is 41.0 Å².